The third-order valence-electron chi connectivity index (χ3n) is 4.86. The summed E-state index contributed by atoms with van der Waals surface area (Å²) in [7, 11) is 0. The van der Waals surface area contributed by atoms with Gasteiger partial charge in [0.15, 0.2) is 0 Å². The van der Waals surface area contributed by atoms with Crippen molar-refractivity contribution in [3.8, 4) is 0 Å². The Balaban J connectivity index is 1.51. The third-order valence-corrected chi connectivity index (χ3v) is 4.86. The maximum atomic E-state index is 12.1. The van der Waals surface area contributed by atoms with Gasteiger partial charge in [-0.2, -0.15) is 5.10 Å². The van der Waals surface area contributed by atoms with Crippen LogP contribution in [0.15, 0.2) is 36.7 Å². The van der Waals surface area contributed by atoms with Crippen LogP contribution in [-0.4, -0.2) is 39.8 Å². The summed E-state index contributed by atoms with van der Waals surface area (Å²) in [6.45, 7) is 7.63. The van der Waals surface area contributed by atoms with Crippen LogP contribution >= 0.6 is 0 Å². The number of anilines is 1. The molecule has 1 atom stereocenters. The van der Waals surface area contributed by atoms with Gasteiger partial charge in [0.05, 0.1) is 11.9 Å². The van der Waals surface area contributed by atoms with Gasteiger partial charge in [0, 0.05) is 38.4 Å². The third kappa shape index (κ3) is 4.39. The van der Waals surface area contributed by atoms with Gasteiger partial charge in [0.1, 0.15) is 0 Å². The van der Waals surface area contributed by atoms with Crippen LogP contribution in [0, 0.1) is 0 Å². The fraction of sp³-hybridized carbons (Fsp3) is 0.474. The molecule has 2 aromatic rings. The Morgan fingerprint density at radius 2 is 2.08 bits per heavy atom. The van der Waals surface area contributed by atoms with Crippen LogP contribution < -0.4 is 10.6 Å². The maximum absolute atomic E-state index is 12.1. The van der Waals surface area contributed by atoms with Crippen LogP contribution in [0.4, 0.5) is 10.5 Å². The van der Waals surface area contributed by atoms with E-state index in [1.54, 1.807) is 10.9 Å². The number of nitrogens with one attached hydrogen (secondary N) is 2. The molecule has 0 bridgehead atoms. The van der Waals surface area contributed by atoms with E-state index in [0.29, 0.717) is 12.6 Å². The van der Waals surface area contributed by atoms with Crippen molar-refractivity contribution in [2.45, 2.75) is 45.8 Å². The summed E-state index contributed by atoms with van der Waals surface area (Å²) in [5.74, 6) is 0. The van der Waals surface area contributed by atoms with E-state index in [2.05, 4.69) is 51.8 Å². The summed E-state index contributed by atoms with van der Waals surface area (Å²) >= 11 is 0. The first-order chi connectivity index (χ1) is 12.2. The molecule has 25 heavy (non-hydrogen) atoms. The van der Waals surface area contributed by atoms with Crippen molar-refractivity contribution in [1.82, 2.24) is 20.0 Å². The second-order valence-corrected chi connectivity index (χ2v) is 6.47. The van der Waals surface area contributed by atoms with Crippen molar-refractivity contribution in [2.24, 2.45) is 0 Å². The molecular formula is C19H27N5O. The molecule has 0 unspecified atom stereocenters. The van der Waals surface area contributed by atoms with Gasteiger partial charge in [-0.15, -0.1) is 0 Å². The van der Waals surface area contributed by atoms with Crippen LogP contribution in [0.1, 0.15) is 31.4 Å². The maximum Gasteiger partial charge on any atom is 0.319 e. The quantitative estimate of drug-likeness (QED) is 0.849. The average Bonchev–Trinajstić information content (AvgIpc) is 3.09. The predicted molar refractivity (Wildman–Crippen MR) is 99.6 cm³/mol. The summed E-state index contributed by atoms with van der Waals surface area (Å²) < 4.78 is 1.79. The Morgan fingerprint density at radius 3 is 2.80 bits per heavy atom. The Morgan fingerprint density at radius 1 is 1.28 bits per heavy atom. The van der Waals surface area contributed by atoms with E-state index in [1.807, 2.05) is 13.1 Å². The fourth-order valence-corrected chi connectivity index (χ4v) is 3.35. The molecule has 0 aliphatic carbocycles. The van der Waals surface area contributed by atoms with Crippen molar-refractivity contribution >= 4 is 11.7 Å². The highest BCUT2D eigenvalue weighted by molar-refractivity contribution is 5.88. The fourth-order valence-electron chi connectivity index (χ4n) is 3.35. The second kappa shape index (κ2) is 8.16. The molecule has 0 saturated carbocycles. The molecule has 0 fully saturated rings. The first kappa shape index (κ1) is 17.5. The van der Waals surface area contributed by atoms with E-state index in [-0.39, 0.29) is 6.03 Å². The summed E-state index contributed by atoms with van der Waals surface area (Å²) in [6, 6.07) is 8.81. The Bertz CT molecular complexity index is 711. The molecular weight excluding hydrogens is 314 g/mol. The average molecular weight is 341 g/mol. The Kier molecular flexibility index (Phi) is 5.71. The van der Waals surface area contributed by atoms with Gasteiger partial charge in [-0.25, -0.2) is 4.79 Å². The number of benzene rings is 1. The number of carbonyl (C=O) groups is 1. The summed E-state index contributed by atoms with van der Waals surface area (Å²) in [5, 5.41) is 10.0. The van der Waals surface area contributed by atoms with E-state index in [0.717, 1.165) is 38.2 Å². The van der Waals surface area contributed by atoms with E-state index in [4.69, 9.17) is 0 Å². The Hall–Kier alpha value is -2.34. The van der Waals surface area contributed by atoms with Gasteiger partial charge in [-0.3, -0.25) is 9.58 Å². The first-order valence-corrected chi connectivity index (χ1v) is 9.07. The molecule has 6 heteroatoms. The number of rotatable bonds is 6. The molecule has 1 aromatic heterocycles. The number of hydrogen-bond acceptors (Lipinski definition) is 3. The van der Waals surface area contributed by atoms with Crippen molar-refractivity contribution in [1.29, 1.82) is 0 Å². The molecule has 0 radical (unpaired) electrons. The van der Waals surface area contributed by atoms with E-state index in [9.17, 15) is 4.79 Å². The standard InChI is InChI=1S/C19H27N5O/c1-3-18(23-10-9-15-7-5-6-8-16(15)13-23)12-20-19(25)22-17-11-21-24(4-2)14-17/h5-8,11,14,18H,3-4,9-10,12-13H2,1-2H3,(H2,20,22,25)/t18-/m1/s1. The number of aryl methyl sites for hydroxylation is 1. The van der Waals surface area contributed by atoms with Gasteiger partial charge in [-0.1, -0.05) is 31.2 Å². The molecule has 0 saturated heterocycles. The molecule has 2 heterocycles. The van der Waals surface area contributed by atoms with Crippen molar-refractivity contribution in [3.63, 3.8) is 0 Å². The second-order valence-electron chi connectivity index (χ2n) is 6.47. The van der Waals surface area contributed by atoms with Crippen molar-refractivity contribution in [2.75, 3.05) is 18.4 Å². The monoisotopic (exact) mass is 341 g/mol. The molecule has 2 N–H and O–H groups in total. The lowest BCUT2D eigenvalue weighted by Crippen LogP contribution is -2.46. The van der Waals surface area contributed by atoms with E-state index >= 15 is 0 Å². The number of hydrogen-bond donors (Lipinski definition) is 2. The molecule has 0 spiro atoms. The molecule has 2 amide bonds. The number of carbonyl (C=O) groups excluding carboxylic acids is 1. The number of amides is 2. The molecule has 1 aliphatic heterocycles. The van der Waals surface area contributed by atoms with E-state index < -0.39 is 0 Å². The number of nitrogens with zero attached hydrogens (tertiary/aromatic N) is 3. The van der Waals surface area contributed by atoms with Crippen LogP contribution in [0.25, 0.3) is 0 Å². The van der Waals surface area contributed by atoms with Crippen LogP contribution in [-0.2, 0) is 19.5 Å². The van der Waals surface area contributed by atoms with Crippen LogP contribution in [0.3, 0.4) is 0 Å². The van der Waals surface area contributed by atoms with Gasteiger partial charge in [0.2, 0.25) is 0 Å². The lowest BCUT2D eigenvalue weighted by Gasteiger charge is -2.35. The smallest absolute Gasteiger partial charge is 0.319 e. The van der Waals surface area contributed by atoms with Crippen LogP contribution in [0.2, 0.25) is 0 Å². The summed E-state index contributed by atoms with van der Waals surface area (Å²) in [4.78, 5) is 14.6. The minimum Gasteiger partial charge on any atom is -0.336 e. The minimum atomic E-state index is -0.175. The largest absolute Gasteiger partial charge is 0.336 e. The van der Waals surface area contributed by atoms with Gasteiger partial charge in [-0.05, 0) is 30.9 Å². The number of urea groups is 1. The highest BCUT2D eigenvalue weighted by Gasteiger charge is 2.22. The molecule has 134 valence electrons. The van der Waals surface area contributed by atoms with E-state index in [1.165, 1.54) is 11.1 Å². The Labute approximate surface area is 149 Å². The molecule has 1 aromatic carbocycles. The minimum absolute atomic E-state index is 0.175. The highest BCUT2D eigenvalue weighted by atomic mass is 16.2. The molecule has 6 nitrogen and oxygen atoms in total. The summed E-state index contributed by atoms with van der Waals surface area (Å²) in [5.41, 5.74) is 3.58. The van der Waals surface area contributed by atoms with Gasteiger partial charge >= 0.3 is 6.03 Å². The lowest BCUT2D eigenvalue weighted by atomic mass is 9.98. The molecule has 1 aliphatic rings. The van der Waals surface area contributed by atoms with Gasteiger partial charge < -0.3 is 10.6 Å². The number of aromatic nitrogens is 2. The normalized spacial score (nSPS) is 15.4. The zero-order valence-corrected chi connectivity index (χ0v) is 15.0. The van der Waals surface area contributed by atoms with Gasteiger partial charge in [0.25, 0.3) is 0 Å². The predicted octanol–water partition coefficient (Wildman–Crippen LogP) is 2.86. The topological polar surface area (TPSA) is 62.2 Å². The highest BCUT2D eigenvalue weighted by Crippen LogP contribution is 2.21. The van der Waals surface area contributed by atoms with Crippen molar-refractivity contribution in [3.05, 3.63) is 47.8 Å². The van der Waals surface area contributed by atoms with Crippen LogP contribution in [0.5, 0.6) is 0 Å². The first-order valence-electron chi connectivity index (χ1n) is 9.07. The molecule has 3 rings (SSSR count). The summed E-state index contributed by atoms with van der Waals surface area (Å²) in [6.07, 6.45) is 5.59. The lowest BCUT2D eigenvalue weighted by molar-refractivity contribution is 0.170. The SMILES string of the molecule is CC[C@H](CNC(=O)Nc1cnn(CC)c1)N1CCc2ccccc2C1. The zero-order valence-electron chi connectivity index (χ0n) is 15.0. The van der Waals surface area contributed by atoms with Crippen molar-refractivity contribution < 1.29 is 4.79 Å². The number of fused-ring (bicyclic) bond motifs is 1. The zero-order chi connectivity index (χ0) is 17.6.